The molecule has 0 aliphatic heterocycles. The molecule has 1 heterocycles. The zero-order chi connectivity index (χ0) is 14.7. The number of hydrogen-bond acceptors (Lipinski definition) is 7. The fraction of sp³-hybridized carbons (Fsp3) is 0.182. The Balaban J connectivity index is 2.32. The van der Waals surface area contributed by atoms with Crippen molar-refractivity contribution >= 4 is 51.1 Å². The molecular formula is C11H13BrClN7. The summed E-state index contributed by atoms with van der Waals surface area (Å²) in [5.41, 5.74) is 3.17. The third kappa shape index (κ3) is 3.47. The molecule has 1 aromatic carbocycles. The molecule has 2 aromatic rings. The van der Waals surface area contributed by atoms with Crippen LogP contribution in [0.5, 0.6) is 0 Å². The average Bonchev–Trinajstić information content (AvgIpc) is 2.42. The summed E-state index contributed by atoms with van der Waals surface area (Å²) in [5.74, 6) is 6.48. The second kappa shape index (κ2) is 6.21. The molecule has 0 radical (unpaired) electrons. The van der Waals surface area contributed by atoms with Crippen molar-refractivity contribution in [3.8, 4) is 0 Å². The Labute approximate surface area is 129 Å². The van der Waals surface area contributed by atoms with Crippen LogP contribution in [0.2, 0.25) is 5.02 Å². The number of halogens is 2. The number of nitrogens with two attached hydrogens (primary N) is 1. The van der Waals surface area contributed by atoms with Crippen molar-refractivity contribution in [2.24, 2.45) is 5.84 Å². The molecule has 0 atom stereocenters. The Kier molecular flexibility index (Phi) is 4.58. The van der Waals surface area contributed by atoms with Crippen molar-refractivity contribution in [2.45, 2.75) is 0 Å². The van der Waals surface area contributed by atoms with E-state index < -0.39 is 0 Å². The van der Waals surface area contributed by atoms with Crippen molar-refractivity contribution in [1.29, 1.82) is 0 Å². The summed E-state index contributed by atoms with van der Waals surface area (Å²) < 4.78 is 0.818. The standard InChI is InChI=1S/C11H13BrClN7/c1-20(2)11-17-9(16-10(18-11)19-14)15-6-3-4-7(12)8(13)5-6/h3-5H,14H2,1-2H3,(H2,15,16,17,18,19). The van der Waals surface area contributed by atoms with Gasteiger partial charge in [0.15, 0.2) is 0 Å². The molecule has 9 heteroatoms. The third-order valence-electron chi connectivity index (χ3n) is 2.33. The van der Waals surface area contributed by atoms with E-state index in [9.17, 15) is 0 Å². The number of benzene rings is 1. The summed E-state index contributed by atoms with van der Waals surface area (Å²) >= 11 is 9.37. The highest BCUT2D eigenvalue weighted by molar-refractivity contribution is 9.10. The van der Waals surface area contributed by atoms with Crippen LogP contribution < -0.4 is 21.5 Å². The van der Waals surface area contributed by atoms with Gasteiger partial charge in [-0.2, -0.15) is 15.0 Å². The first-order valence-electron chi connectivity index (χ1n) is 5.61. The molecule has 106 valence electrons. The normalized spacial score (nSPS) is 10.2. The number of nitrogens with zero attached hydrogens (tertiary/aromatic N) is 4. The highest BCUT2D eigenvalue weighted by Crippen LogP contribution is 2.27. The molecule has 0 saturated heterocycles. The Bertz CT molecular complexity index is 620. The second-order valence-corrected chi connectivity index (χ2v) is 5.34. The maximum Gasteiger partial charge on any atom is 0.243 e. The predicted molar refractivity (Wildman–Crippen MR) is 84.4 cm³/mol. The van der Waals surface area contributed by atoms with Crippen molar-refractivity contribution < 1.29 is 0 Å². The van der Waals surface area contributed by atoms with Gasteiger partial charge in [-0.1, -0.05) is 11.6 Å². The zero-order valence-electron chi connectivity index (χ0n) is 10.9. The van der Waals surface area contributed by atoms with Gasteiger partial charge in [0.2, 0.25) is 17.8 Å². The van der Waals surface area contributed by atoms with Crippen LogP contribution in [-0.4, -0.2) is 29.0 Å². The molecule has 0 saturated carbocycles. The number of hydrazine groups is 1. The second-order valence-electron chi connectivity index (χ2n) is 4.08. The molecule has 4 N–H and O–H groups in total. The lowest BCUT2D eigenvalue weighted by atomic mass is 10.3. The van der Waals surface area contributed by atoms with Crippen LogP contribution in [0.15, 0.2) is 22.7 Å². The lowest BCUT2D eigenvalue weighted by Crippen LogP contribution is -2.18. The number of nitrogens with one attached hydrogen (secondary N) is 2. The van der Waals surface area contributed by atoms with Crippen LogP contribution in [0.25, 0.3) is 0 Å². The van der Waals surface area contributed by atoms with Gasteiger partial charge in [-0.25, -0.2) is 5.84 Å². The van der Waals surface area contributed by atoms with Crippen LogP contribution in [0, 0.1) is 0 Å². The lowest BCUT2D eigenvalue weighted by Gasteiger charge is -2.13. The van der Waals surface area contributed by atoms with Crippen molar-refractivity contribution in [3.05, 3.63) is 27.7 Å². The van der Waals surface area contributed by atoms with E-state index in [1.807, 2.05) is 26.2 Å². The minimum absolute atomic E-state index is 0.273. The van der Waals surface area contributed by atoms with Gasteiger partial charge in [0, 0.05) is 24.3 Å². The minimum Gasteiger partial charge on any atom is -0.347 e. The van der Waals surface area contributed by atoms with E-state index in [1.165, 1.54) is 0 Å². The number of nitrogen functional groups attached to an aromatic ring is 1. The van der Waals surface area contributed by atoms with Crippen LogP contribution in [0.1, 0.15) is 0 Å². The Morgan fingerprint density at radius 3 is 2.50 bits per heavy atom. The fourth-order valence-electron chi connectivity index (χ4n) is 1.39. The monoisotopic (exact) mass is 357 g/mol. The predicted octanol–water partition coefficient (Wildman–Crippen LogP) is 2.38. The van der Waals surface area contributed by atoms with E-state index in [1.54, 1.807) is 11.0 Å². The third-order valence-corrected chi connectivity index (χ3v) is 3.56. The molecular weight excluding hydrogens is 346 g/mol. The smallest absolute Gasteiger partial charge is 0.243 e. The van der Waals surface area contributed by atoms with Gasteiger partial charge in [0.1, 0.15) is 0 Å². The summed E-state index contributed by atoms with van der Waals surface area (Å²) in [6.07, 6.45) is 0. The largest absolute Gasteiger partial charge is 0.347 e. The van der Waals surface area contributed by atoms with Gasteiger partial charge in [-0.3, -0.25) is 5.43 Å². The summed E-state index contributed by atoms with van der Waals surface area (Å²) in [4.78, 5) is 14.3. The van der Waals surface area contributed by atoms with Crippen molar-refractivity contribution in [1.82, 2.24) is 15.0 Å². The van der Waals surface area contributed by atoms with Gasteiger partial charge >= 0.3 is 0 Å². The fourth-order valence-corrected chi connectivity index (χ4v) is 1.82. The summed E-state index contributed by atoms with van der Waals surface area (Å²) in [6, 6.07) is 5.45. The minimum atomic E-state index is 0.273. The van der Waals surface area contributed by atoms with E-state index in [0.29, 0.717) is 16.9 Å². The SMILES string of the molecule is CN(C)c1nc(NN)nc(Nc2ccc(Br)c(Cl)c2)n1. The van der Waals surface area contributed by atoms with E-state index in [-0.39, 0.29) is 5.95 Å². The van der Waals surface area contributed by atoms with E-state index in [4.69, 9.17) is 17.4 Å². The lowest BCUT2D eigenvalue weighted by molar-refractivity contribution is 0.957. The van der Waals surface area contributed by atoms with Gasteiger partial charge in [-0.05, 0) is 34.1 Å². The Morgan fingerprint density at radius 2 is 1.90 bits per heavy atom. The highest BCUT2D eigenvalue weighted by atomic mass is 79.9. The van der Waals surface area contributed by atoms with Crippen LogP contribution >= 0.6 is 27.5 Å². The summed E-state index contributed by atoms with van der Waals surface area (Å²) in [7, 11) is 3.66. The molecule has 0 aliphatic carbocycles. The van der Waals surface area contributed by atoms with Crippen LogP contribution in [0.3, 0.4) is 0 Å². The molecule has 0 bridgehead atoms. The number of aromatic nitrogens is 3. The highest BCUT2D eigenvalue weighted by Gasteiger charge is 2.08. The molecule has 0 fully saturated rings. The molecule has 0 spiro atoms. The van der Waals surface area contributed by atoms with Crippen molar-refractivity contribution in [3.63, 3.8) is 0 Å². The first-order valence-corrected chi connectivity index (χ1v) is 6.79. The molecule has 0 unspecified atom stereocenters. The van der Waals surface area contributed by atoms with Gasteiger partial charge in [-0.15, -0.1) is 0 Å². The number of rotatable bonds is 4. The summed E-state index contributed by atoms with van der Waals surface area (Å²) in [6.45, 7) is 0. The van der Waals surface area contributed by atoms with Gasteiger partial charge < -0.3 is 10.2 Å². The number of hydrogen-bond donors (Lipinski definition) is 3. The Hall–Kier alpha value is -1.64. The van der Waals surface area contributed by atoms with E-state index >= 15 is 0 Å². The van der Waals surface area contributed by atoms with Gasteiger partial charge in [0.05, 0.1) is 5.02 Å². The Morgan fingerprint density at radius 1 is 1.20 bits per heavy atom. The quantitative estimate of drug-likeness (QED) is 0.571. The molecule has 20 heavy (non-hydrogen) atoms. The molecule has 0 amide bonds. The molecule has 2 rings (SSSR count). The maximum atomic E-state index is 6.04. The van der Waals surface area contributed by atoms with Crippen molar-refractivity contribution in [2.75, 3.05) is 29.7 Å². The molecule has 7 nitrogen and oxygen atoms in total. The zero-order valence-corrected chi connectivity index (χ0v) is 13.2. The first kappa shape index (κ1) is 14.8. The average molecular weight is 359 g/mol. The number of anilines is 4. The molecule has 1 aromatic heterocycles. The van der Waals surface area contributed by atoms with Crippen LogP contribution in [0.4, 0.5) is 23.5 Å². The summed E-state index contributed by atoms with van der Waals surface area (Å²) in [5, 5.41) is 3.64. The van der Waals surface area contributed by atoms with Gasteiger partial charge in [0.25, 0.3) is 0 Å². The van der Waals surface area contributed by atoms with Crippen LogP contribution in [-0.2, 0) is 0 Å². The van der Waals surface area contributed by atoms with E-state index in [2.05, 4.69) is 41.6 Å². The van der Waals surface area contributed by atoms with E-state index in [0.717, 1.165) is 10.2 Å². The molecule has 0 aliphatic rings. The maximum absolute atomic E-state index is 6.04. The first-order chi connectivity index (χ1) is 9.49. The topological polar surface area (TPSA) is 92.0 Å².